The fourth-order valence-corrected chi connectivity index (χ4v) is 3.23. The van der Waals surface area contributed by atoms with Crippen LogP contribution in [0.15, 0.2) is 36.4 Å². The molecule has 0 radical (unpaired) electrons. The van der Waals surface area contributed by atoms with E-state index in [4.69, 9.17) is 0 Å². The molecule has 3 rings (SSSR count). The van der Waals surface area contributed by atoms with Crippen molar-refractivity contribution in [1.29, 1.82) is 0 Å². The highest BCUT2D eigenvalue weighted by atomic mass is 32.1. The summed E-state index contributed by atoms with van der Waals surface area (Å²) in [6, 6.07) is 11.6. The minimum absolute atomic E-state index is 0.388. The number of fused-ring (bicyclic) bond motifs is 3. The molecule has 1 aromatic heterocycles. The van der Waals surface area contributed by atoms with Crippen LogP contribution in [-0.4, -0.2) is 11.1 Å². The molecule has 2 aromatic carbocycles. The Bertz CT molecular complexity index is 740. The number of hydrogen-bond acceptors (Lipinski definition) is 2. The molecule has 0 bridgehead atoms. The van der Waals surface area contributed by atoms with Crippen molar-refractivity contribution >= 4 is 37.5 Å². The number of thiophene rings is 1. The van der Waals surface area contributed by atoms with E-state index in [1.807, 2.05) is 13.0 Å². The fourth-order valence-electron chi connectivity index (χ4n) is 2.12. The molecule has 1 heterocycles. The maximum absolute atomic E-state index is 11.2. The SMILES string of the molecule is Cc1ccc2sc3cccc(C(=O)O)c3c2c1. The monoisotopic (exact) mass is 242 g/mol. The van der Waals surface area contributed by atoms with Crippen LogP contribution >= 0.6 is 11.3 Å². The van der Waals surface area contributed by atoms with E-state index in [0.29, 0.717) is 5.56 Å². The van der Waals surface area contributed by atoms with Crippen LogP contribution in [0.4, 0.5) is 0 Å². The van der Waals surface area contributed by atoms with Crippen molar-refractivity contribution in [1.82, 2.24) is 0 Å². The van der Waals surface area contributed by atoms with E-state index in [2.05, 4.69) is 18.2 Å². The van der Waals surface area contributed by atoms with Gasteiger partial charge in [-0.2, -0.15) is 0 Å². The number of aromatic carboxylic acids is 1. The Balaban J connectivity index is 2.56. The van der Waals surface area contributed by atoms with Crippen molar-refractivity contribution in [2.24, 2.45) is 0 Å². The van der Waals surface area contributed by atoms with Crippen molar-refractivity contribution < 1.29 is 9.90 Å². The summed E-state index contributed by atoms with van der Waals surface area (Å²) in [4.78, 5) is 11.2. The van der Waals surface area contributed by atoms with E-state index in [1.54, 1.807) is 23.5 Å². The zero-order chi connectivity index (χ0) is 12.0. The first-order chi connectivity index (χ1) is 8.16. The molecule has 17 heavy (non-hydrogen) atoms. The maximum atomic E-state index is 11.2. The predicted octanol–water partition coefficient (Wildman–Crippen LogP) is 4.06. The fraction of sp³-hybridized carbons (Fsp3) is 0.0714. The second-order valence-corrected chi connectivity index (χ2v) is 5.17. The van der Waals surface area contributed by atoms with Gasteiger partial charge < -0.3 is 5.11 Å². The Labute approximate surface area is 102 Å². The van der Waals surface area contributed by atoms with E-state index >= 15 is 0 Å². The van der Waals surface area contributed by atoms with Crippen LogP contribution < -0.4 is 0 Å². The average molecular weight is 242 g/mol. The second-order valence-electron chi connectivity index (χ2n) is 4.09. The van der Waals surface area contributed by atoms with Crippen molar-refractivity contribution in [3.8, 4) is 0 Å². The van der Waals surface area contributed by atoms with Gasteiger partial charge in [-0.25, -0.2) is 4.79 Å². The third-order valence-electron chi connectivity index (χ3n) is 2.88. The Morgan fingerprint density at radius 1 is 1.18 bits per heavy atom. The molecule has 0 fully saturated rings. The summed E-state index contributed by atoms with van der Waals surface area (Å²) in [6.45, 7) is 2.02. The summed E-state index contributed by atoms with van der Waals surface area (Å²) >= 11 is 1.64. The first-order valence-electron chi connectivity index (χ1n) is 5.32. The molecule has 0 aliphatic carbocycles. The number of rotatable bonds is 1. The number of hydrogen-bond donors (Lipinski definition) is 1. The highest BCUT2D eigenvalue weighted by molar-refractivity contribution is 7.25. The standard InChI is InChI=1S/C14H10O2S/c1-8-5-6-11-10(7-8)13-9(14(15)16)3-2-4-12(13)17-11/h2-7H,1H3,(H,15,16). The molecule has 0 unspecified atom stereocenters. The lowest BCUT2D eigenvalue weighted by atomic mass is 10.1. The largest absolute Gasteiger partial charge is 0.478 e. The smallest absolute Gasteiger partial charge is 0.336 e. The molecule has 0 saturated carbocycles. The molecular weight excluding hydrogens is 232 g/mol. The summed E-state index contributed by atoms with van der Waals surface area (Å²) in [5.74, 6) is -0.864. The third-order valence-corrected chi connectivity index (χ3v) is 4.02. The zero-order valence-electron chi connectivity index (χ0n) is 9.23. The van der Waals surface area contributed by atoms with E-state index < -0.39 is 5.97 Å². The number of carboxylic acid groups (broad SMARTS) is 1. The van der Waals surface area contributed by atoms with Crippen LogP contribution in [0.5, 0.6) is 0 Å². The maximum Gasteiger partial charge on any atom is 0.336 e. The molecular formula is C14H10O2S. The average Bonchev–Trinajstić information content (AvgIpc) is 2.66. The van der Waals surface area contributed by atoms with Crippen LogP contribution in [0.25, 0.3) is 20.2 Å². The molecule has 0 spiro atoms. The van der Waals surface area contributed by atoms with Gasteiger partial charge in [-0.1, -0.05) is 17.7 Å². The van der Waals surface area contributed by atoms with Crippen LogP contribution in [0.2, 0.25) is 0 Å². The Morgan fingerprint density at radius 2 is 2.00 bits per heavy atom. The molecule has 0 amide bonds. The van der Waals surface area contributed by atoms with Crippen LogP contribution in [0.1, 0.15) is 15.9 Å². The van der Waals surface area contributed by atoms with Gasteiger partial charge in [0.05, 0.1) is 5.56 Å². The summed E-state index contributed by atoms with van der Waals surface area (Å²) < 4.78 is 2.17. The van der Waals surface area contributed by atoms with E-state index in [-0.39, 0.29) is 0 Å². The van der Waals surface area contributed by atoms with Gasteiger partial charge in [0, 0.05) is 20.2 Å². The van der Waals surface area contributed by atoms with Crippen molar-refractivity contribution in [3.63, 3.8) is 0 Å². The Kier molecular flexibility index (Phi) is 2.16. The quantitative estimate of drug-likeness (QED) is 0.698. The molecule has 0 saturated heterocycles. The highest BCUT2D eigenvalue weighted by Gasteiger charge is 2.13. The highest BCUT2D eigenvalue weighted by Crippen LogP contribution is 2.36. The number of carboxylic acids is 1. The molecule has 3 heteroatoms. The van der Waals surface area contributed by atoms with Crippen molar-refractivity contribution in [3.05, 3.63) is 47.5 Å². The van der Waals surface area contributed by atoms with E-state index in [9.17, 15) is 9.90 Å². The number of carbonyl (C=O) groups is 1. The third kappa shape index (κ3) is 1.51. The van der Waals surface area contributed by atoms with Crippen LogP contribution in [-0.2, 0) is 0 Å². The molecule has 0 aliphatic heterocycles. The second kappa shape index (κ2) is 3.57. The van der Waals surface area contributed by atoms with Gasteiger partial charge in [0.2, 0.25) is 0 Å². The first-order valence-corrected chi connectivity index (χ1v) is 6.13. The lowest BCUT2D eigenvalue weighted by Crippen LogP contribution is -1.95. The minimum atomic E-state index is -0.864. The summed E-state index contributed by atoms with van der Waals surface area (Å²) in [6.07, 6.45) is 0. The van der Waals surface area contributed by atoms with Crippen LogP contribution in [0, 0.1) is 6.92 Å². The Hall–Kier alpha value is -1.87. The summed E-state index contributed by atoms with van der Waals surface area (Å²) in [5.41, 5.74) is 1.54. The lowest BCUT2D eigenvalue weighted by molar-refractivity contribution is 0.0699. The molecule has 0 atom stereocenters. The Morgan fingerprint density at radius 3 is 2.76 bits per heavy atom. The molecule has 1 N–H and O–H groups in total. The van der Waals surface area contributed by atoms with Gasteiger partial charge in [0.25, 0.3) is 0 Å². The molecule has 0 aliphatic rings. The van der Waals surface area contributed by atoms with Gasteiger partial charge in [0.1, 0.15) is 0 Å². The zero-order valence-corrected chi connectivity index (χ0v) is 10.0. The van der Waals surface area contributed by atoms with Gasteiger partial charge in [-0.15, -0.1) is 11.3 Å². The van der Waals surface area contributed by atoms with Crippen molar-refractivity contribution in [2.45, 2.75) is 6.92 Å². The summed E-state index contributed by atoms with van der Waals surface area (Å²) in [7, 11) is 0. The van der Waals surface area contributed by atoms with E-state index in [0.717, 1.165) is 25.7 Å². The number of aryl methyl sites for hydroxylation is 1. The normalized spacial score (nSPS) is 11.1. The van der Waals surface area contributed by atoms with Gasteiger partial charge >= 0.3 is 5.97 Å². The van der Waals surface area contributed by atoms with Gasteiger partial charge in [-0.3, -0.25) is 0 Å². The topological polar surface area (TPSA) is 37.3 Å². The van der Waals surface area contributed by atoms with Crippen LogP contribution in [0.3, 0.4) is 0 Å². The summed E-state index contributed by atoms with van der Waals surface area (Å²) in [5, 5.41) is 11.1. The minimum Gasteiger partial charge on any atom is -0.478 e. The van der Waals surface area contributed by atoms with Gasteiger partial charge in [-0.05, 0) is 31.2 Å². The molecule has 3 aromatic rings. The number of benzene rings is 2. The molecule has 84 valence electrons. The first kappa shape index (κ1) is 10.3. The predicted molar refractivity (Wildman–Crippen MR) is 71.0 cm³/mol. The lowest BCUT2D eigenvalue weighted by Gasteiger charge is -1.98. The van der Waals surface area contributed by atoms with Gasteiger partial charge in [0.15, 0.2) is 0 Å². The molecule has 2 nitrogen and oxygen atoms in total. The van der Waals surface area contributed by atoms with Crippen molar-refractivity contribution in [2.75, 3.05) is 0 Å². The van der Waals surface area contributed by atoms with E-state index in [1.165, 1.54) is 0 Å².